The highest BCUT2D eigenvalue weighted by atomic mass is 35.5. The van der Waals surface area contributed by atoms with Crippen molar-refractivity contribution in [2.75, 3.05) is 11.5 Å². The van der Waals surface area contributed by atoms with Gasteiger partial charge in [0.1, 0.15) is 14.1 Å². The summed E-state index contributed by atoms with van der Waals surface area (Å²) in [5.41, 5.74) is 21.2. The smallest absolute Gasteiger partial charge is 0.221 e. The van der Waals surface area contributed by atoms with Crippen molar-refractivity contribution in [3.8, 4) is 22.5 Å². The fraction of sp³-hybridized carbons (Fsp3) is 0.0714. The molecule has 0 aliphatic heterocycles. The van der Waals surface area contributed by atoms with E-state index in [-0.39, 0.29) is 24.8 Å². The molecule has 170 valence electrons. The van der Waals surface area contributed by atoms with E-state index in [1.807, 2.05) is 12.1 Å². The molecule has 0 bridgehead atoms. The van der Waals surface area contributed by atoms with Crippen LogP contribution in [-0.2, 0) is 14.1 Å². The largest absolute Gasteiger partial charge is 1.00 e. The average molecular weight is 487 g/mol. The molecule has 0 unspecified atom stereocenters. The van der Waals surface area contributed by atoms with Crippen LogP contribution in [0.4, 0.5) is 11.4 Å². The zero-order valence-corrected chi connectivity index (χ0v) is 20.4. The van der Waals surface area contributed by atoms with Gasteiger partial charge in [0.15, 0.2) is 0 Å². The topological polar surface area (TPSA) is 59.8 Å². The minimum absolute atomic E-state index is 0. The molecule has 0 aliphatic rings. The number of anilines is 2. The number of nitrogens with zero attached hydrogens (tertiary/aromatic N) is 2. The van der Waals surface area contributed by atoms with E-state index in [1.54, 1.807) is 0 Å². The number of hydrogen-bond donors (Lipinski definition) is 2. The lowest BCUT2D eigenvalue weighted by molar-refractivity contribution is -0.634. The second-order valence-corrected chi connectivity index (χ2v) is 8.47. The Hall–Kier alpha value is -3.60. The molecule has 2 aromatic heterocycles. The summed E-state index contributed by atoms with van der Waals surface area (Å²) in [6, 6.07) is 29.3. The van der Waals surface area contributed by atoms with Crippen LogP contribution in [0, 0.1) is 0 Å². The zero-order valence-electron chi connectivity index (χ0n) is 18.9. The third-order valence-corrected chi connectivity index (χ3v) is 6.53. The second-order valence-electron chi connectivity index (χ2n) is 8.47. The maximum absolute atomic E-state index is 6.47. The highest BCUT2D eigenvalue weighted by Gasteiger charge is 2.31. The van der Waals surface area contributed by atoms with Crippen LogP contribution in [0.1, 0.15) is 0 Å². The summed E-state index contributed by atoms with van der Waals surface area (Å²) >= 11 is 0. The first-order chi connectivity index (χ1) is 15.5. The van der Waals surface area contributed by atoms with Crippen LogP contribution >= 0.6 is 0 Å². The minimum Gasteiger partial charge on any atom is -1.00 e. The fourth-order valence-electron chi connectivity index (χ4n) is 5.22. The number of nitrogens with two attached hydrogens (primary N) is 2. The van der Waals surface area contributed by atoms with Gasteiger partial charge in [-0.1, -0.05) is 36.4 Å². The van der Waals surface area contributed by atoms with E-state index in [2.05, 4.69) is 96.0 Å². The van der Waals surface area contributed by atoms with Gasteiger partial charge in [0.05, 0.1) is 21.5 Å². The molecule has 34 heavy (non-hydrogen) atoms. The molecular weight excluding hydrogens is 463 g/mol. The standard InChI is InChI=1S/C28H23N4.2ClH/c1-31-23-15-19(29)14-22-25(23)26-21(27(31)17-9-5-3-6-10-17)13-20(30)16-24(26)32(2)28(22)18-11-7-4-8-12-18;;/h3-16,29H,30H2,1-2H3;2*1H/q+1;;/p-1. The van der Waals surface area contributed by atoms with Crippen LogP contribution in [-0.4, -0.2) is 0 Å². The molecule has 6 heteroatoms. The van der Waals surface area contributed by atoms with Crippen LogP contribution in [0.5, 0.6) is 0 Å². The van der Waals surface area contributed by atoms with Crippen molar-refractivity contribution in [1.29, 1.82) is 0 Å². The Morgan fingerprint density at radius 3 is 1.24 bits per heavy atom. The average Bonchev–Trinajstić information content (AvgIpc) is 2.80. The van der Waals surface area contributed by atoms with Crippen molar-refractivity contribution in [3.63, 3.8) is 0 Å². The molecule has 6 aromatic rings. The first-order valence-corrected chi connectivity index (χ1v) is 10.7. The maximum atomic E-state index is 6.47. The van der Waals surface area contributed by atoms with Gasteiger partial charge in [-0.2, -0.15) is 9.13 Å². The number of aromatic nitrogens is 2. The molecule has 0 atom stereocenters. The molecule has 0 spiro atoms. The number of aryl methyl sites for hydroxylation is 2. The minimum atomic E-state index is 0. The maximum Gasteiger partial charge on any atom is 0.221 e. The Labute approximate surface area is 210 Å². The molecular formula is C28H24Cl2N4. The zero-order chi connectivity index (χ0) is 22.0. The van der Waals surface area contributed by atoms with Crippen molar-refractivity contribution in [3.05, 3.63) is 84.9 Å². The quantitative estimate of drug-likeness (QED) is 0.182. The third kappa shape index (κ3) is 3.30. The van der Waals surface area contributed by atoms with Crippen molar-refractivity contribution in [2.24, 2.45) is 14.1 Å². The highest BCUT2D eigenvalue weighted by Crippen LogP contribution is 2.41. The summed E-state index contributed by atoms with van der Waals surface area (Å²) in [5, 5.41) is 4.71. The van der Waals surface area contributed by atoms with Gasteiger partial charge in [0.25, 0.3) is 0 Å². The molecule has 0 saturated carbocycles. The van der Waals surface area contributed by atoms with Gasteiger partial charge in [-0.25, -0.2) is 0 Å². The summed E-state index contributed by atoms with van der Waals surface area (Å²) in [7, 11) is 4.23. The predicted octanol–water partition coefficient (Wildman–Crippen LogP) is -1.26. The van der Waals surface area contributed by atoms with Crippen LogP contribution < -0.4 is 45.4 Å². The number of rotatable bonds is 2. The molecule has 4 aromatic carbocycles. The monoisotopic (exact) mass is 486 g/mol. The molecule has 6 rings (SSSR count). The lowest BCUT2D eigenvalue weighted by Gasteiger charge is -2.16. The number of hydrogen-bond acceptors (Lipinski definition) is 2. The summed E-state index contributed by atoms with van der Waals surface area (Å²) in [6.45, 7) is 0. The molecule has 4 N–H and O–H groups in total. The highest BCUT2D eigenvalue weighted by molar-refractivity contribution is 6.24. The number of pyridine rings is 2. The van der Waals surface area contributed by atoms with Gasteiger partial charge in [0.2, 0.25) is 22.4 Å². The molecule has 0 saturated heterocycles. The molecule has 2 heterocycles. The van der Waals surface area contributed by atoms with Crippen LogP contribution in [0.25, 0.3) is 55.1 Å². The fourth-order valence-corrected chi connectivity index (χ4v) is 5.22. The second kappa shape index (κ2) is 8.64. The van der Waals surface area contributed by atoms with Crippen molar-refractivity contribution in [1.82, 2.24) is 0 Å². The van der Waals surface area contributed by atoms with Gasteiger partial charge in [-0.15, -0.1) is 0 Å². The van der Waals surface area contributed by atoms with Gasteiger partial charge < -0.3 is 36.3 Å². The van der Waals surface area contributed by atoms with Crippen LogP contribution in [0.3, 0.4) is 0 Å². The number of benzene rings is 4. The van der Waals surface area contributed by atoms with Crippen molar-refractivity contribution in [2.45, 2.75) is 0 Å². The normalized spacial score (nSPS) is 11.0. The molecule has 4 nitrogen and oxygen atoms in total. The Morgan fingerprint density at radius 2 is 0.882 bits per heavy atom. The lowest BCUT2D eigenvalue weighted by Crippen LogP contribution is -3.00. The number of halogens is 2. The van der Waals surface area contributed by atoms with Crippen LogP contribution in [0.2, 0.25) is 0 Å². The van der Waals surface area contributed by atoms with E-state index in [1.165, 1.54) is 10.8 Å². The summed E-state index contributed by atoms with van der Waals surface area (Å²) in [6.07, 6.45) is 0. The van der Waals surface area contributed by atoms with Crippen molar-refractivity contribution >= 4 is 44.0 Å². The van der Waals surface area contributed by atoms with Gasteiger partial charge in [-0.05, 0) is 36.4 Å². The van der Waals surface area contributed by atoms with Gasteiger partial charge >= 0.3 is 0 Å². The Balaban J connectivity index is 0.00000137. The van der Waals surface area contributed by atoms with Crippen molar-refractivity contribution < 1.29 is 33.9 Å². The molecule has 0 amide bonds. The summed E-state index contributed by atoms with van der Waals surface area (Å²) < 4.78 is 4.51. The summed E-state index contributed by atoms with van der Waals surface area (Å²) in [4.78, 5) is 0. The van der Waals surface area contributed by atoms with Gasteiger partial charge in [0, 0.05) is 34.6 Å². The molecule has 0 aliphatic carbocycles. The summed E-state index contributed by atoms with van der Waals surface area (Å²) in [5.74, 6) is 0. The third-order valence-electron chi connectivity index (χ3n) is 6.53. The number of nitrogen functional groups attached to an aromatic ring is 2. The Morgan fingerprint density at radius 1 is 0.529 bits per heavy atom. The predicted molar refractivity (Wildman–Crippen MR) is 132 cm³/mol. The first kappa shape index (κ1) is 23.6. The first-order valence-electron chi connectivity index (χ1n) is 10.7. The molecule has 0 radical (unpaired) electrons. The van der Waals surface area contributed by atoms with E-state index in [0.29, 0.717) is 0 Å². The Bertz CT molecular complexity index is 1520. The van der Waals surface area contributed by atoms with E-state index in [0.717, 1.165) is 55.7 Å². The SMILES string of the molecule is C[n+]1c(-c2ccccc2)c2cc(N)cc3c2c2c(cc(N)cc21)c(-c1ccccc1)[n+]3C.[Cl-].[Cl-]. The Kier molecular flexibility index (Phi) is 5.98. The van der Waals surface area contributed by atoms with E-state index >= 15 is 0 Å². The van der Waals surface area contributed by atoms with Crippen LogP contribution in [0.15, 0.2) is 84.9 Å². The molecule has 0 fully saturated rings. The van der Waals surface area contributed by atoms with E-state index in [4.69, 9.17) is 11.5 Å². The van der Waals surface area contributed by atoms with Gasteiger partial charge in [-0.3, -0.25) is 0 Å². The lowest BCUT2D eigenvalue weighted by atomic mass is 9.92. The van der Waals surface area contributed by atoms with E-state index in [9.17, 15) is 0 Å². The van der Waals surface area contributed by atoms with E-state index < -0.39 is 0 Å².